The maximum atomic E-state index is 5.22. The highest BCUT2D eigenvalue weighted by atomic mass is 16.3. The first-order valence-electron chi connectivity index (χ1n) is 6.48. The Labute approximate surface area is 116 Å². The van der Waals surface area contributed by atoms with E-state index in [1.807, 2.05) is 24.3 Å². The average Bonchev–Trinajstić information content (AvgIpc) is 3.15. The number of nitrogens with zero attached hydrogens (tertiary/aromatic N) is 4. The minimum atomic E-state index is 0.512. The maximum Gasteiger partial charge on any atom is 0.240 e. The molecule has 0 aliphatic rings. The van der Waals surface area contributed by atoms with Crippen LogP contribution in [0.2, 0.25) is 0 Å². The molecule has 3 rings (SSSR count). The van der Waals surface area contributed by atoms with Crippen LogP contribution in [0.4, 0.5) is 0 Å². The molecule has 3 aromatic rings. The molecule has 20 heavy (non-hydrogen) atoms. The molecule has 1 aromatic carbocycles. The lowest BCUT2D eigenvalue weighted by molar-refractivity contribution is 0.491. The van der Waals surface area contributed by atoms with Gasteiger partial charge in [-0.15, -0.1) is 10.2 Å². The van der Waals surface area contributed by atoms with E-state index >= 15 is 0 Å². The van der Waals surface area contributed by atoms with Crippen LogP contribution in [-0.4, -0.2) is 26.8 Å². The van der Waals surface area contributed by atoms with Gasteiger partial charge in [0.15, 0.2) is 5.76 Å². The van der Waals surface area contributed by atoms with Gasteiger partial charge in [0.25, 0.3) is 0 Å². The smallest absolute Gasteiger partial charge is 0.240 e. The van der Waals surface area contributed by atoms with Crippen molar-refractivity contribution in [3.63, 3.8) is 0 Å². The first-order chi connectivity index (χ1) is 9.92. The van der Waals surface area contributed by atoms with E-state index in [1.165, 1.54) is 5.56 Å². The Hall–Kier alpha value is -2.47. The molecule has 0 aliphatic carbocycles. The van der Waals surface area contributed by atoms with E-state index in [1.54, 1.807) is 17.1 Å². The summed E-state index contributed by atoms with van der Waals surface area (Å²) in [7, 11) is 0. The summed E-state index contributed by atoms with van der Waals surface area (Å²) in [6, 6.07) is 13.9. The quantitative estimate of drug-likeness (QED) is 0.690. The molecule has 0 atom stereocenters. The maximum absolute atomic E-state index is 5.22. The normalized spacial score (nSPS) is 10.8. The third-order valence-corrected chi connectivity index (χ3v) is 2.85. The Morgan fingerprint density at radius 1 is 1.10 bits per heavy atom. The summed E-state index contributed by atoms with van der Waals surface area (Å²) in [6.45, 7) is 2.28. The number of nitrogens with one attached hydrogen (secondary N) is 1. The van der Waals surface area contributed by atoms with Crippen LogP contribution in [-0.2, 0) is 13.1 Å². The zero-order valence-electron chi connectivity index (χ0n) is 10.9. The summed E-state index contributed by atoms with van der Waals surface area (Å²) in [6.07, 6.45) is 1.59. The van der Waals surface area contributed by atoms with E-state index in [2.05, 4.69) is 32.9 Å². The van der Waals surface area contributed by atoms with Gasteiger partial charge in [-0.05, 0) is 22.9 Å². The van der Waals surface area contributed by atoms with Crippen LogP contribution in [0.3, 0.4) is 0 Å². The molecule has 0 aliphatic heterocycles. The fraction of sp³-hybridized carbons (Fsp3) is 0.214. The summed E-state index contributed by atoms with van der Waals surface area (Å²) in [4.78, 5) is 1.57. The lowest BCUT2D eigenvalue weighted by atomic mass is 10.2. The Balaban J connectivity index is 1.47. The average molecular weight is 269 g/mol. The van der Waals surface area contributed by atoms with E-state index in [4.69, 9.17) is 4.42 Å². The highest BCUT2D eigenvalue weighted by Crippen LogP contribution is 2.12. The van der Waals surface area contributed by atoms with Crippen molar-refractivity contribution in [1.82, 2.24) is 25.5 Å². The number of rotatable bonds is 6. The molecule has 0 saturated heterocycles. The number of furan rings is 1. The zero-order chi connectivity index (χ0) is 13.6. The summed E-state index contributed by atoms with van der Waals surface area (Å²) in [5, 5.41) is 15.5. The second-order valence-electron chi connectivity index (χ2n) is 4.35. The van der Waals surface area contributed by atoms with Gasteiger partial charge < -0.3 is 9.73 Å². The van der Waals surface area contributed by atoms with Gasteiger partial charge in [0.2, 0.25) is 5.82 Å². The number of tetrazole rings is 1. The number of aromatic nitrogens is 4. The lowest BCUT2D eigenvalue weighted by Crippen LogP contribution is -2.20. The molecule has 102 valence electrons. The molecule has 6 nitrogen and oxygen atoms in total. The van der Waals surface area contributed by atoms with Gasteiger partial charge in [-0.2, -0.15) is 4.80 Å². The predicted molar refractivity (Wildman–Crippen MR) is 73.7 cm³/mol. The fourth-order valence-corrected chi connectivity index (χ4v) is 1.85. The molecule has 2 aromatic heterocycles. The topological polar surface area (TPSA) is 68.8 Å². The first kappa shape index (κ1) is 12.6. The van der Waals surface area contributed by atoms with Crippen LogP contribution in [0.15, 0.2) is 53.1 Å². The Morgan fingerprint density at radius 3 is 2.80 bits per heavy atom. The van der Waals surface area contributed by atoms with E-state index < -0.39 is 0 Å². The van der Waals surface area contributed by atoms with Crippen molar-refractivity contribution in [1.29, 1.82) is 0 Å². The minimum Gasteiger partial charge on any atom is -0.461 e. The van der Waals surface area contributed by atoms with Crippen LogP contribution < -0.4 is 5.32 Å². The number of hydrogen-bond donors (Lipinski definition) is 1. The fourth-order valence-electron chi connectivity index (χ4n) is 1.85. The van der Waals surface area contributed by atoms with Crippen LogP contribution in [0.1, 0.15) is 5.56 Å². The molecule has 0 radical (unpaired) electrons. The van der Waals surface area contributed by atoms with Gasteiger partial charge in [0.1, 0.15) is 0 Å². The molecule has 1 N–H and O–H groups in total. The molecule has 0 unspecified atom stereocenters. The van der Waals surface area contributed by atoms with E-state index in [-0.39, 0.29) is 0 Å². The molecule has 6 heteroatoms. The Morgan fingerprint density at radius 2 is 2.00 bits per heavy atom. The SMILES string of the molecule is c1ccc(CNCCn2nnc(-c3ccco3)n2)cc1. The van der Waals surface area contributed by atoms with Crippen molar-refractivity contribution < 1.29 is 4.42 Å². The number of benzene rings is 1. The third kappa shape index (κ3) is 3.10. The van der Waals surface area contributed by atoms with E-state index in [9.17, 15) is 0 Å². The highest BCUT2D eigenvalue weighted by Gasteiger charge is 2.07. The lowest BCUT2D eigenvalue weighted by Gasteiger charge is -2.03. The van der Waals surface area contributed by atoms with Crippen molar-refractivity contribution in [2.75, 3.05) is 6.54 Å². The van der Waals surface area contributed by atoms with Gasteiger partial charge in [0, 0.05) is 13.1 Å². The highest BCUT2D eigenvalue weighted by molar-refractivity contribution is 5.43. The summed E-state index contributed by atoms with van der Waals surface area (Å²) in [5.41, 5.74) is 1.26. The molecule has 0 spiro atoms. The number of hydrogen-bond acceptors (Lipinski definition) is 5. The molecule has 0 bridgehead atoms. The van der Waals surface area contributed by atoms with Crippen molar-refractivity contribution in [3.8, 4) is 11.6 Å². The van der Waals surface area contributed by atoms with Gasteiger partial charge >= 0.3 is 0 Å². The molecule has 0 amide bonds. The second-order valence-corrected chi connectivity index (χ2v) is 4.35. The van der Waals surface area contributed by atoms with Crippen molar-refractivity contribution in [2.24, 2.45) is 0 Å². The molecular formula is C14H15N5O. The van der Waals surface area contributed by atoms with E-state index in [0.29, 0.717) is 18.1 Å². The van der Waals surface area contributed by atoms with Crippen LogP contribution in [0.25, 0.3) is 11.6 Å². The Bertz CT molecular complexity index is 633. The van der Waals surface area contributed by atoms with Crippen LogP contribution >= 0.6 is 0 Å². The van der Waals surface area contributed by atoms with Crippen LogP contribution in [0, 0.1) is 0 Å². The summed E-state index contributed by atoms with van der Waals surface area (Å²) >= 11 is 0. The largest absolute Gasteiger partial charge is 0.461 e. The minimum absolute atomic E-state index is 0.512. The Kier molecular flexibility index (Phi) is 3.84. The standard InChI is InChI=1S/C14H15N5O/c1-2-5-12(6-3-1)11-15-8-9-19-17-14(16-18-19)13-7-4-10-20-13/h1-7,10,15H,8-9,11H2. The van der Waals surface area contributed by atoms with Gasteiger partial charge in [-0.1, -0.05) is 30.3 Å². The molecule has 2 heterocycles. The van der Waals surface area contributed by atoms with Gasteiger partial charge in [0.05, 0.1) is 12.8 Å². The monoisotopic (exact) mass is 269 g/mol. The van der Waals surface area contributed by atoms with Crippen molar-refractivity contribution in [2.45, 2.75) is 13.1 Å². The van der Waals surface area contributed by atoms with Crippen molar-refractivity contribution in [3.05, 3.63) is 54.3 Å². The zero-order valence-corrected chi connectivity index (χ0v) is 10.9. The molecule has 0 fully saturated rings. The first-order valence-corrected chi connectivity index (χ1v) is 6.48. The summed E-state index contributed by atoms with van der Waals surface area (Å²) < 4.78 is 5.22. The predicted octanol–water partition coefficient (Wildman–Crippen LogP) is 1.72. The summed E-state index contributed by atoms with van der Waals surface area (Å²) in [5.74, 6) is 1.14. The molecule has 0 saturated carbocycles. The third-order valence-electron chi connectivity index (χ3n) is 2.85. The second kappa shape index (κ2) is 6.12. The molecular weight excluding hydrogens is 254 g/mol. The van der Waals surface area contributed by atoms with Crippen LogP contribution in [0.5, 0.6) is 0 Å². The van der Waals surface area contributed by atoms with Crippen molar-refractivity contribution >= 4 is 0 Å². The van der Waals surface area contributed by atoms with E-state index in [0.717, 1.165) is 13.1 Å². The van der Waals surface area contributed by atoms with Gasteiger partial charge in [-0.3, -0.25) is 0 Å². The van der Waals surface area contributed by atoms with Gasteiger partial charge in [-0.25, -0.2) is 0 Å².